The predicted octanol–water partition coefficient (Wildman–Crippen LogP) is 1.24. The predicted molar refractivity (Wildman–Crippen MR) is 71.5 cm³/mol. The number of likely N-dealkylation sites (N-methyl/N-ethyl adjacent to an activating group) is 1. The molecule has 0 bridgehead atoms. The van der Waals surface area contributed by atoms with Crippen LogP contribution in [0.3, 0.4) is 0 Å². The lowest BCUT2D eigenvalue weighted by Gasteiger charge is -2.34. The number of amides is 1. The largest absolute Gasteiger partial charge is 0.394 e. The van der Waals surface area contributed by atoms with E-state index in [0.717, 1.165) is 6.42 Å². The van der Waals surface area contributed by atoms with Crippen molar-refractivity contribution in [2.24, 2.45) is 0 Å². The van der Waals surface area contributed by atoms with Crippen molar-refractivity contribution < 1.29 is 14.3 Å². The summed E-state index contributed by atoms with van der Waals surface area (Å²) in [6.07, 6.45) is 0.787. The molecule has 1 amide bonds. The fraction of sp³-hybridized carbons (Fsp3) is 0.500. The van der Waals surface area contributed by atoms with Crippen LogP contribution in [0.5, 0.6) is 0 Å². The number of hydrogen-bond acceptors (Lipinski definition) is 3. The molecule has 1 aromatic carbocycles. The minimum absolute atomic E-state index is 0.0628. The Hall–Kier alpha value is -1.62. The molecule has 1 N–H and O–H groups in total. The van der Waals surface area contributed by atoms with Crippen LogP contribution in [0.4, 0.5) is 10.1 Å². The Kier molecular flexibility index (Phi) is 4.04. The number of anilines is 1. The first-order valence-corrected chi connectivity index (χ1v) is 6.44. The highest BCUT2D eigenvalue weighted by Crippen LogP contribution is 2.25. The lowest BCUT2D eigenvalue weighted by Crippen LogP contribution is -2.49. The molecule has 0 aliphatic carbocycles. The Morgan fingerprint density at radius 1 is 1.47 bits per heavy atom. The summed E-state index contributed by atoms with van der Waals surface area (Å²) in [6, 6.07) is 5.56. The molecule has 104 valence electrons. The van der Waals surface area contributed by atoms with Crippen LogP contribution in [0.2, 0.25) is 0 Å². The van der Waals surface area contributed by atoms with Crippen LogP contribution in [0, 0.1) is 5.82 Å². The van der Waals surface area contributed by atoms with Crippen LogP contribution in [-0.4, -0.2) is 48.2 Å². The highest BCUT2D eigenvalue weighted by atomic mass is 19.1. The van der Waals surface area contributed by atoms with E-state index in [2.05, 4.69) is 0 Å². The Morgan fingerprint density at radius 3 is 2.84 bits per heavy atom. The van der Waals surface area contributed by atoms with Gasteiger partial charge in [0.15, 0.2) is 0 Å². The van der Waals surface area contributed by atoms with E-state index in [1.54, 1.807) is 24.1 Å². The van der Waals surface area contributed by atoms with E-state index in [0.29, 0.717) is 12.2 Å². The molecule has 0 radical (unpaired) electrons. The zero-order valence-corrected chi connectivity index (χ0v) is 11.2. The van der Waals surface area contributed by atoms with Crippen LogP contribution < -0.4 is 4.90 Å². The molecule has 0 saturated carbocycles. The molecule has 1 heterocycles. The zero-order chi connectivity index (χ0) is 14.0. The van der Waals surface area contributed by atoms with Gasteiger partial charge in [-0.2, -0.15) is 0 Å². The normalized spacial score (nSPS) is 24.5. The van der Waals surface area contributed by atoms with E-state index in [1.165, 1.54) is 12.1 Å². The summed E-state index contributed by atoms with van der Waals surface area (Å²) < 4.78 is 13.4. The number of carbonyl (C=O) groups excluding carboxylic acids is 1. The van der Waals surface area contributed by atoms with Gasteiger partial charge in [-0.15, -0.1) is 0 Å². The second-order valence-corrected chi connectivity index (χ2v) is 4.98. The van der Waals surface area contributed by atoms with Gasteiger partial charge in [-0.25, -0.2) is 4.39 Å². The van der Waals surface area contributed by atoms with Crippen molar-refractivity contribution in [3.8, 4) is 0 Å². The SMILES string of the molecule is CC1CCN(C)C(=O)C(CO)N1c1cccc(F)c1. The molecular weight excluding hydrogens is 247 g/mol. The van der Waals surface area contributed by atoms with Crippen molar-refractivity contribution in [2.75, 3.05) is 25.1 Å². The van der Waals surface area contributed by atoms with Gasteiger partial charge in [-0.3, -0.25) is 4.79 Å². The highest BCUT2D eigenvalue weighted by Gasteiger charge is 2.34. The molecule has 1 fully saturated rings. The summed E-state index contributed by atoms with van der Waals surface area (Å²) in [5, 5.41) is 9.54. The summed E-state index contributed by atoms with van der Waals surface area (Å²) in [7, 11) is 1.73. The molecule has 1 aliphatic heterocycles. The number of benzene rings is 1. The second-order valence-electron chi connectivity index (χ2n) is 4.98. The van der Waals surface area contributed by atoms with Gasteiger partial charge in [0.25, 0.3) is 0 Å². The number of rotatable bonds is 2. The van der Waals surface area contributed by atoms with Crippen LogP contribution in [0.15, 0.2) is 24.3 Å². The third-order valence-corrected chi connectivity index (χ3v) is 3.63. The highest BCUT2D eigenvalue weighted by molar-refractivity contribution is 5.86. The summed E-state index contributed by atoms with van der Waals surface area (Å²) >= 11 is 0. The monoisotopic (exact) mass is 266 g/mol. The Labute approximate surface area is 112 Å². The first-order valence-electron chi connectivity index (χ1n) is 6.44. The van der Waals surface area contributed by atoms with Gasteiger partial charge >= 0.3 is 0 Å². The van der Waals surface area contributed by atoms with Crippen molar-refractivity contribution in [1.29, 1.82) is 0 Å². The second kappa shape index (κ2) is 5.57. The first kappa shape index (κ1) is 13.8. The van der Waals surface area contributed by atoms with E-state index in [1.807, 2.05) is 11.8 Å². The maximum absolute atomic E-state index is 13.4. The maximum Gasteiger partial charge on any atom is 0.247 e. The van der Waals surface area contributed by atoms with Gasteiger partial charge in [0.1, 0.15) is 11.9 Å². The molecule has 4 nitrogen and oxygen atoms in total. The smallest absolute Gasteiger partial charge is 0.247 e. The molecule has 19 heavy (non-hydrogen) atoms. The molecule has 0 aromatic heterocycles. The van der Waals surface area contributed by atoms with Gasteiger partial charge in [-0.05, 0) is 31.5 Å². The molecule has 1 saturated heterocycles. The number of aliphatic hydroxyl groups is 1. The lowest BCUT2D eigenvalue weighted by atomic mass is 10.1. The molecule has 1 aliphatic rings. The van der Waals surface area contributed by atoms with Crippen molar-refractivity contribution in [3.05, 3.63) is 30.1 Å². The van der Waals surface area contributed by atoms with Gasteiger partial charge < -0.3 is 14.9 Å². The fourth-order valence-electron chi connectivity index (χ4n) is 2.55. The average molecular weight is 266 g/mol. The van der Waals surface area contributed by atoms with Gasteiger partial charge in [-0.1, -0.05) is 6.07 Å². The van der Waals surface area contributed by atoms with Gasteiger partial charge in [0, 0.05) is 25.3 Å². The quantitative estimate of drug-likeness (QED) is 0.876. The number of carbonyl (C=O) groups is 1. The number of halogens is 1. The van der Waals surface area contributed by atoms with E-state index in [4.69, 9.17) is 0 Å². The molecule has 5 heteroatoms. The van der Waals surface area contributed by atoms with Crippen molar-refractivity contribution in [3.63, 3.8) is 0 Å². The first-order chi connectivity index (χ1) is 9.04. The fourth-order valence-corrected chi connectivity index (χ4v) is 2.55. The van der Waals surface area contributed by atoms with Crippen LogP contribution in [-0.2, 0) is 4.79 Å². The van der Waals surface area contributed by atoms with Crippen LogP contribution in [0.1, 0.15) is 13.3 Å². The minimum atomic E-state index is -0.649. The van der Waals surface area contributed by atoms with E-state index in [-0.39, 0.29) is 24.4 Å². The topological polar surface area (TPSA) is 43.8 Å². The lowest BCUT2D eigenvalue weighted by molar-refractivity contribution is -0.131. The minimum Gasteiger partial charge on any atom is -0.394 e. The van der Waals surface area contributed by atoms with Crippen LogP contribution >= 0.6 is 0 Å². The van der Waals surface area contributed by atoms with Gasteiger partial charge in [0.05, 0.1) is 6.61 Å². The molecule has 2 rings (SSSR count). The molecular formula is C14H19FN2O2. The summed E-state index contributed by atoms with van der Waals surface area (Å²) in [4.78, 5) is 15.7. The Bertz CT molecular complexity index is 467. The van der Waals surface area contributed by atoms with Crippen molar-refractivity contribution in [1.82, 2.24) is 4.90 Å². The molecule has 2 atom stereocenters. The van der Waals surface area contributed by atoms with E-state index < -0.39 is 6.04 Å². The third kappa shape index (κ3) is 2.71. The zero-order valence-electron chi connectivity index (χ0n) is 11.2. The molecule has 2 unspecified atom stereocenters. The number of hydrogen-bond donors (Lipinski definition) is 1. The maximum atomic E-state index is 13.4. The van der Waals surface area contributed by atoms with Crippen LogP contribution in [0.25, 0.3) is 0 Å². The number of nitrogens with zero attached hydrogens (tertiary/aromatic N) is 2. The summed E-state index contributed by atoms with van der Waals surface area (Å²) in [5.41, 5.74) is 0.634. The number of aliphatic hydroxyl groups excluding tert-OH is 1. The Morgan fingerprint density at radius 2 is 2.21 bits per heavy atom. The standard InChI is InChI=1S/C14H19FN2O2/c1-10-6-7-16(2)14(19)13(9-18)17(10)12-5-3-4-11(15)8-12/h3-5,8,10,13,18H,6-7,9H2,1-2H3. The van der Waals surface area contributed by atoms with Crippen molar-refractivity contribution in [2.45, 2.75) is 25.4 Å². The van der Waals surface area contributed by atoms with E-state index >= 15 is 0 Å². The molecule has 0 spiro atoms. The molecule has 1 aromatic rings. The summed E-state index contributed by atoms with van der Waals surface area (Å²) in [6.45, 7) is 2.35. The Balaban J connectivity index is 2.41. The van der Waals surface area contributed by atoms with Gasteiger partial charge in [0.2, 0.25) is 5.91 Å². The summed E-state index contributed by atoms with van der Waals surface area (Å²) in [5.74, 6) is -0.470. The van der Waals surface area contributed by atoms with E-state index in [9.17, 15) is 14.3 Å². The average Bonchev–Trinajstić information content (AvgIpc) is 2.50. The van der Waals surface area contributed by atoms with Crippen molar-refractivity contribution >= 4 is 11.6 Å². The third-order valence-electron chi connectivity index (χ3n) is 3.63.